The third-order valence-electron chi connectivity index (χ3n) is 2.19. The van der Waals surface area contributed by atoms with E-state index in [1.54, 1.807) is 24.3 Å². The Morgan fingerprint density at radius 3 is 2.56 bits per heavy atom. The molecule has 0 bridgehead atoms. The molecule has 0 amide bonds. The fraction of sp³-hybridized carbons (Fsp3) is 0.0833. The zero-order chi connectivity index (χ0) is 13.1. The lowest BCUT2D eigenvalue weighted by Crippen LogP contribution is -2.12. The van der Waals surface area contributed by atoms with Gasteiger partial charge >= 0.3 is 11.9 Å². The predicted octanol–water partition coefficient (Wildman–Crippen LogP) is 2.37. The molecule has 0 radical (unpaired) electrons. The van der Waals surface area contributed by atoms with Crippen LogP contribution in [0.25, 0.3) is 0 Å². The number of hydrogen-bond acceptors (Lipinski definition) is 5. The van der Waals surface area contributed by atoms with Crippen LogP contribution in [0, 0.1) is 6.92 Å². The molecule has 6 heteroatoms. The Bertz CT molecular complexity index is 588. The lowest BCUT2D eigenvalue weighted by atomic mass is 10.2. The molecule has 1 heterocycles. The van der Waals surface area contributed by atoms with Crippen LogP contribution in [-0.4, -0.2) is 22.0 Å². The summed E-state index contributed by atoms with van der Waals surface area (Å²) in [6.45, 7) is 1.91. The number of carboxylic acids is 1. The normalized spacial score (nSPS) is 10.1. The number of carboxylic acid groups (broad SMARTS) is 1. The van der Waals surface area contributed by atoms with Gasteiger partial charge in [0.2, 0.25) is 0 Å². The number of aromatic nitrogens is 1. The maximum Gasteiger partial charge on any atom is 0.356 e. The Balaban J connectivity index is 2.19. The van der Waals surface area contributed by atoms with Gasteiger partial charge in [0, 0.05) is 0 Å². The molecule has 0 aliphatic rings. The highest BCUT2D eigenvalue weighted by Gasteiger charge is 2.21. The molecule has 1 N–H and O–H groups in total. The summed E-state index contributed by atoms with van der Waals surface area (Å²) < 4.78 is 5.07. The summed E-state index contributed by atoms with van der Waals surface area (Å²) in [6.07, 6.45) is 0. The molecule has 2 aromatic rings. The molecule has 0 atom stereocenters. The summed E-state index contributed by atoms with van der Waals surface area (Å²) in [7, 11) is 0. The van der Waals surface area contributed by atoms with Gasteiger partial charge in [0.1, 0.15) is 10.6 Å². The van der Waals surface area contributed by atoms with E-state index in [1.165, 1.54) is 5.51 Å². The summed E-state index contributed by atoms with van der Waals surface area (Å²) in [4.78, 5) is 26.2. The van der Waals surface area contributed by atoms with Crippen molar-refractivity contribution in [3.05, 3.63) is 45.9 Å². The molecule has 1 aromatic carbocycles. The average molecular weight is 263 g/mol. The summed E-state index contributed by atoms with van der Waals surface area (Å²) in [5, 5.41) is 8.84. The van der Waals surface area contributed by atoms with Crippen LogP contribution in [0.2, 0.25) is 0 Å². The van der Waals surface area contributed by atoms with Gasteiger partial charge in [-0.05, 0) is 19.1 Å². The number of aryl methyl sites for hydroxylation is 1. The van der Waals surface area contributed by atoms with Gasteiger partial charge in [0.05, 0.1) is 5.51 Å². The Morgan fingerprint density at radius 1 is 1.28 bits per heavy atom. The summed E-state index contributed by atoms with van der Waals surface area (Å²) in [6, 6.07) is 6.89. The second-order valence-corrected chi connectivity index (χ2v) is 4.39. The molecular formula is C12H9NO4S. The zero-order valence-electron chi connectivity index (χ0n) is 9.41. The maximum absolute atomic E-state index is 11.8. The van der Waals surface area contributed by atoms with E-state index in [4.69, 9.17) is 9.84 Å². The number of hydrogen-bond donors (Lipinski definition) is 1. The van der Waals surface area contributed by atoms with Crippen LogP contribution in [0.3, 0.4) is 0 Å². The van der Waals surface area contributed by atoms with Gasteiger partial charge in [-0.1, -0.05) is 17.7 Å². The van der Waals surface area contributed by atoms with E-state index >= 15 is 0 Å². The van der Waals surface area contributed by atoms with Gasteiger partial charge in [0.25, 0.3) is 0 Å². The number of benzene rings is 1. The van der Waals surface area contributed by atoms with Crippen LogP contribution in [0.5, 0.6) is 5.75 Å². The maximum atomic E-state index is 11.8. The highest BCUT2D eigenvalue weighted by atomic mass is 32.1. The van der Waals surface area contributed by atoms with E-state index in [-0.39, 0.29) is 10.6 Å². The van der Waals surface area contributed by atoms with Gasteiger partial charge in [-0.25, -0.2) is 14.6 Å². The molecule has 18 heavy (non-hydrogen) atoms. The lowest BCUT2D eigenvalue weighted by Gasteiger charge is -2.03. The van der Waals surface area contributed by atoms with Crippen LogP contribution >= 0.6 is 11.3 Å². The Kier molecular flexibility index (Phi) is 3.38. The molecular weight excluding hydrogens is 254 g/mol. The molecule has 92 valence electrons. The minimum Gasteiger partial charge on any atom is -0.476 e. The van der Waals surface area contributed by atoms with Crippen LogP contribution in [0.15, 0.2) is 29.8 Å². The Morgan fingerprint density at radius 2 is 1.94 bits per heavy atom. The second kappa shape index (κ2) is 4.97. The predicted molar refractivity (Wildman–Crippen MR) is 65.2 cm³/mol. The smallest absolute Gasteiger partial charge is 0.356 e. The molecule has 0 unspecified atom stereocenters. The third kappa shape index (κ3) is 2.54. The molecule has 0 aliphatic carbocycles. The van der Waals surface area contributed by atoms with Crippen molar-refractivity contribution in [2.45, 2.75) is 6.92 Å². The SMILES string of the molecule is Cc1ccc(OC(=O)c2scnc2C(=O)O)cc1. The van der Waals surface area contributed by atoms with Crippen molar-refractivity contribution < 1.29 is 19.4 Å². The number of aromatic carboxylic acids is 1. The second-order valence-electron chi connectivity index (χ2n) is 3.54. The molecule has 0 fully saturated rings. The van der Waals surface area contributed by atoms with Crippen molar-refractivity contribution in [1.29, 1.82) is 0 Å². The number of carbonyl (C=O) groups excluding carboxylic acids is 1. The molecule has 5 nitrogen and oxygen atoms in total. The van der Waals surface area contributed by atoms with Crippen LogP contribution in [0.1, 0.15) is 25.7 Å². The Hall–Kier alpha value is -2.21. The number of carbonyl (C=O) groups is 2. The average Bonchev–Trinajstić information content (AvgIpc) is 2.81. The van der Waals surface area contributed by atoms with E-state index in [0.29, 0.717) is 5.75 Å². The molecule has 0 aliphatic heterocycles. The summed E-state index contributed by atoms with van der Waals surface area (Å²) in [5.74, 6) is -1.58. The summed E-state index contributed by atoms with van der Waals surface area (Å²) in [5.41, 5.74) is 2.06. The van der Waals surface area contributed by atoms with E-state index < -0.39 is 11.9 Å². The first-order chi connectivity index (χ1) is 8.58. The van der Waals surface area contributed by atoms with Gasteiger partial charge in [-0.3, -0.25) is 0 Å². The number of esters is 1. The molecule has 0 saturated heterocycles. The Labute approximate surface area is 107 Å². The van der Waals surface area contributed by atoms with E-state index in [1.807, 2.05) is 6.92 Å². The lowest BCUT2D eigenvalue weighted by molar-refractivity contribution is 0.0665. The van der Waals surface area contributed by atoms with Crippen molar-refractivity contribution in [2.24, 2.45) is 0 Å². The van der Waals surface area contributed by atoms with Crippen molar-refractivity contribution in [1.82, 2.24) is 4.98 Å². The quantitative estimate of drug-likeness (QED) is 0.679. The summed E-state index contributed by atoms with van der Waals surface area (Å²) >= 11 is 0.942. The van der Waals surface area contributed by atoms with Crippen molar-refractivity contribution in [3.8, 4) is 5.75 Å². The van der Waals surface area contributed by atoms with E-state index in [0.717, 1.165) is 16.9 Å². The van der Waals surface area contributed by atoms with Crippen molar-refractivity contribution in [2.75, 3.05) is 0 Å². The van der Waals surface area contributed by atoms with Crippen LogP contribution < -0.4 is 4.74 Å². The highest BCUT2D eigenvalue weighted by molar-refractivity contribution is 7.12. The van der Waals surface area contributed by atoms with Gasteiger partial charge in [-0.2, -0.15) is 0 Å². The topological polar surface area (TPSA) is 76.5 Å². The largest absolute Gasteiger partial charge is 0.476 e. The van der Waals surface area contributed by atoms with Crippen LogP contribution in [0.4, 0.5) is 0 Å². The molecule has 0 saturated carbocycles. The molecule has 0 spiro atoms. The van der Waals surface area contributed by atoms with E-state index in [9.17, 15) is 9.59 Å². The fourth-order valence-corrected chi connectivity index (χ4v) is 1.96. The number of thiazole rings is 1. The number of rotatable bonds is 3. The fourth-order valence-electron chi connectivity index (χ4n) is 1.30. The molecule has 1 aromatic heterocycles. The van der Waals surface area contributed by atoms with Gasteiger partial charge in [0.15, 0.2) is 5.69 Å². The first-order valence-corrected chi connectivity index (χ1v) is 5.91. The number of nitrogens with zero attached hydrogens (tertiary/aromatic N) is 1. The van der Waals surface area contributed by atoms with Crippen molar-refractivity contribution >= 4 is 23.3 Å². The monoisotopic (exact) mass is 263 g/mol. The first kappa shape index (κ1) is 12.3. The highest BCUT2D eigenvalue weighted by Crippen LogP contribution is 2.18. The van der Waals surface area contributed by atoms with E-state index in [2.05, 4.69) is 4.98 Å². The zero-order valence-corrected chi connectivity index (χ0v) is 10.2. The van der Waals surface area contributed by atoms with Gasteiger partial charge in [-0.15, -0.1) is 11.3 Å². The minimum atomic E-state index is -1.24. The third-order valence-corrected chi connectivity index (χ3v) is 2.99. The van der Waals surface area contributed by atoms with Gasteiger partial charge < -0.3 is 9.84 Å². The minimum absolute atomic E-state index is 0.0110. The van der Waals surface area contributed by atoms with Crippen molar-refractivity contribution in [3.63, 3.8) is 0 Å². The van der Waals surface area contributed by atoms with Crippen LogP contribution in [-0.2, 0) is 0 Å². The standard InChI is InChI=1S/C12H9NO4S/c1-7-2-4-8(5-3-7)17-12(16)10-9(11(14)15)13-6-18-10/h2-6H,1H3,(H,14,15). The molecule has 2 rings (SSSR count). The first-order valence-electron chi connectivity index (χ1n) is 5.03. The number of ether oxygens (including phenoxy) is 1.